The van der Waals surface area contributed by atoms with Gasteiger partial charge in [-0.05, 0) is 84.3 Å². The molecule has 0 aliphatic rings. The second-order valence-electron chi connectivity index (χ2n) is 5.05. The van der Waals surface area contributed by atoms with E-state index in [1.54, 1.807) is 11.3 Å². The second kappa shape index (κ2) is 5.18. The van der Waals surface area contributed by atoms with Crippen molar-refractivity contribution in [2.75, 3.05) is 0 Å². The van der Waals surface area contributed by atoms with Crippen LogP contribution in [0.3, 0.4) is 0 Å². The van der Waals surface area contributed by atoms with Gasteiger partial charge in [0.2, 0.25) is 0 Å². The number of hydrogen-bond acceptors (Lipinski definition) is 1. The molecule has 1 unspecified atom stereocenters. The van der Waals surface area contributed by atoms with Crippen molar-refractivity contribution in [1.29, 1.82) is 0 Å². The first kappa shape index (κ1) is 13.8. The lowest BCUT2D eigenvalue weighted by atomic mass is 9.90. The molecule has 0 spiro atoms. The zero-order chi connectivity index (χ0) is 13.4. The summed E-state index contributed by atoms with van der Waals surface area (Å²) in [4.78, 5) is 0.308. The van der Waals surface area contributed by atoms with Crippen LogP contribution < -0.4 is 0 Å². The Bertz CT molecular complexity index is 555. The van der Waals surface area contributed by atoms with E-state index in [0.717, 1.165) is 0 Å². The van der Waals surface area contributed by atoms with Crippen LogP contribution in [0.4, 0.5) is 0 Å². The molecular weight excluding hydrogens is 304 g/mol. The Morgan fingerprint density at radius 3 is 1.89 bits per heavy atom. The van der Waals surface area contributed by atoms with Crippen LogP contribution in [0.1, 0.15) is 43.8 Å². The number of aryl methyl sites for hydroxylation is 3. The Labute approximate surface area is 122 Å². The Morgan fingerprint density at radius 1 is 0.889 bits per heavy atom. The molecule has 0 aliphatic carbocycles. The molecule has 1 aromatic heterocycles. The van der Waals surface area contributed by atoms with E-state index in [0.29, 0.717) is 4.83 Å². The summed E-state index contributed by atoms with van der Waals surface area (Å²) in [5.74, 6) is 0. The van der Waals surface area contributed by atoms with Crippen molar-refractivity contribution in [3.05, 3.63) is 55.8 Å². The first-order chi connectivity index (χ1) is 8.43. The molecule has 0 saturated heterocycles. The standard InChI is InChI=1S/C16H19BrS/c1-9-6-10(2)13(5)15(12(9)4)16(17)14-8-18-7-11(14)3/h6-8,16H,1-5H3. The maximum absolute atomic E-state index is 3.90. The molecule has 0 aliphatic heterocycles. The largest absolute Gasteiger partial charge is 0.152 e. The van der Waals surface area contributed by atoms with Crippen molar-refractivity contribution in [2.45, 2.75) is 39.4 Å². The van der Waals surface area contributed by atoms with Crippen LogP contribution in [0.2, 0.25) is 0 Å². The first-order valence-electron chi connectivity index (χ1n) is 6.17. The summed E-state index contributed by atoms with van der Waals surface area (Å²) in [6, 6.07) is 2.29. The minimum Gasteiger partial charge on any atom is -0.152 e. The van der Waals surface area contributed by atoms with Gasteiger partial charge in [-0.1, -0.05) is 22.0 Å². The second-order valence-corrected chi connectivity index (χ2v) is 6.71. The van der Waals surface area contributed by atoms with Gasteiger partial charge in [0.05, 0.1) is 4.83 Å². The van der Waals surface area contributed by atoms with Gasteiger partial charge >= 0.3 is 0 Å². The van der Waals surface area contributed by atoms with E-state index in [2.05, 4.69) is 67.4 Å². The lowest BCUT2D eigenvalue weighted by Crippen LogP contribution is -2.03. The number of thiophene rings is 1. The topological polar surface area (TPSA) is 0 Å². The third-order valence-electron chi connectivity index (χ3n) is 3.85. The quantitative estimate of drug-likeness (QED) is 0.615. The van der Waals surface area contributed by atoms with Crippen LogP contribution in [0.15, 0.2) is 16.8 Å². The molecule has 0 amide bonds. The summed E-state index contributed by atoms with van der Waals surface area (Å²) >= 11 is 5.68. The predicted octanol–water partition coefficient (Wildman–Crippen LogP) is 5.77. The van der Waals surface area contributed by atoms with Crippen molar-refractivity contribution in [3.63, 3.8) is 0 Å². The molecule has 0 nitrogen and oxygen atoms in total. The predicted molar refractivity (Wildman–Crippen MR) is 85.2 cm³/mol. The van der Waals surface area contributed by atoms with E-state index >= 15 is 0 Å². The zero-order valence-electron chi connectivity index (χ0n) is 11.6. The van der Waals surface area contributed by atoms with E-state index in [4.69, 9.17) is 0 Å². The molecule has 0 radical (unpaired) electrons. The van der Waals surface area contributed by atoms with Crippen molar-refractivity contribution >= 4 is 27.3 Å². The summed E-state index contributed by atoms with van der Waals surface area (Å²) in [6.07, 6.45) is 0. The number of rotatable bonds is 2. The van der Waals surface area contributed by atoms with Gasteiger partial charge in [-0.15, -0.1) is 0 Å². The highest BCUT2D eigenvalue weighted by Gasteiger charge is 2.19. The molecule has 1 heterocycles. The number of halogens is 1. The minimum atomic E-state index is 0.308. The van der Waals surface area contributed by atoms with Crippen LogP contribution in [0, 0.1) is 34.6 Å². The van der Waals surface area contributed by atoms with Gasteiger partial charge in [0, 0.05) is 0 Å². The van der Waals surface area contributed by atoms with E-state index in [-0.39, 0.29) is 0 Å². The summed E-state index contributed by atoms with van der Waals surface area (Å²) in [7, 11) is 0. The molecule has 0 bridgehead atoms. The number of alkyl halides is 1. The molecule has 1 aromatic carbocycles. The van der Waals surface area contributed by atoms with Gasteiger partial charge in [-0.3, -0.25) is 0 Å². The molecule has 2 rings (SSSR count). The molecule has 0 N–H and O–H groups in total. The SMILES string of the molecule is Cc1cscc1C(Br)c1c(C)c(C)cc(C)c1C. The lowest BCUT2D eigenvalue weighted by Gasteiger charge is -2.20. The third-order valence-corrected chi connectivity index (χ3v) is 5.68. The van der Waals surface area contributed by atoms with E-state index in [1.165, 1.54) is 38.9 Å². The molecule has 2 heteroatoms. The summed E-state index contributed by atoms with van der Waals surface area (Å²) in [5.41, 5.74) is 9.79. The maximum Gasteiger partial charge on any atom is 0.0660 e. The van der Waals surface area contributed by atoms with Gasteiger partial charge in [0.1, 0.15) is 0 Å². The van der Waals surface area contributed by atoms with E-state index < -0.39 is 0 Å². The highest BCUT2D eigenvalue weighted by molar-refractivity contribution is 9.09. The Morgan fingerprint density at radius 2 is 1.44 bits per heavy atom. The Hall–Kier alpha value is -0.600. The molecule has 0 fully saturated rings. The fourth-order valence-electron chi connectivity index (χ4n) is 2.41. The summed E-state index contributed by atoms with van der Waals surface area (Å²) < 4.78 is 0. The van der Waals surface area contributed by atoms with Crippen LogP contribution in [0.5, 0.6) is 0 Å². The van der Waals surface area contributed by atoms with Crippen LogP contribution in [0.25, 0.3) is 0 Å². The van der Waals surface area contributed by atoms with Crippen molar-refractivity contribution in [2.24, 2.45) is 0 Å². The van der Waals surface area contributed by atoms with E-state index in [9.17, 15) is 0 Å². The highest BCUT2D eigenvalue weighted by Crippen LogP contribution is 2.39. The van der Waals surface area contributed by atoms with Gasteiger partial charge in [0.15, 0.2) is 0 Å². The molecular formula is C16H19BrS. The van der Waals surface area contributed by atoms with Crippen LogP contribution >= 0.6 is 27.3 Å². The minimum absolute atomic E-state index is 0.308. The van der Waals surface area contributed by atoms with Gasteiger partial charge in [-0.25, -0.2) is 0 Å². The highest BCUT2D eigenvalue weighted by atomic mass is 79.9. The third kappa shape index (κ3) is 2.28. The van der Waals surface area contributed by atoms with Crippen LogP contribution in [-0.2, 0) is 0 Å². The monoisotopic (exact) mass is 322 g/mol. The van der Waals surface area contributed by atoms with Crippen molar-refractivity contribution < 1.29 is 0 Å². The van der Waals surface area contributed by atoms with Gasteiger partial charge in [0.25, 0.3) is 0 Å². The van der Waals surface area contributed by atoms with Gasteiger partial charge < -0.3 is 0 Å². The van der Waals surface area contributed by atoms with Crippen molar-refractivity contribution in [3.8, 4) is 0 Å². The smallest absolute Gasteiger partial charge is 0.0660 e. The first-order valence-corrected chi connectivity index (χ1v) is 8.03. The normalized spacial score (nSPS) is 12.8. The number of benzene rings is 1. The molecule has 18 heavy (non-hydrogen) atoms. The molecule has 1 atom stereocenters. The van der Waals surface area contributed by atoms with E-state index in [1.807, 2.05) is 0 Å². The Balaban J connectivity index is 2.61. The average molecular weight is 323 g/mol. The Kier molecular flexibility index (Phi) is 3.98. The average Bonchev–Trinajstić information content (AvgIpc) is 2.73. The fourth-order valence-corrected chi connectivity index (χ4v) is 4.64. The molecule has 2 aromatic rings. The van der Waals surface area contributed by atoms with Crippen molar-refractivity contribution in [1.82, 2.24) is 0 Å². The zero-order valence-corrected chi connectivity index (χ0v) is 14.0. The number of hydrogen-bond donors (Lipinski definition) is 0. The van der Waals surface area contributed by atoms with Crippen LogP contribution in [-0.4, -0.2) is 0 Å². The molecule has 96 valence electrons. The maximum atomic E-state index is 3.90. The fraction of sp³-hybridized carbons (Fsp3) is 0.375. The summed E-state index contributed by atoms with van der Waals surface area (Å²) in [5, 5.41) is 4.47. The summed E-state index contributed by atoms with van der Waals surface area (Å²) in [6.45, 7) is 11.0. The lowest BCUT2D eigenvalue weighted by molar-refractivity contribution is 1.07. The van der Waals surface area contributed by atoms with Gasteiger partial charge in [-0.2, -0.15) is 11.3 Å². The molecule has 0 saturated carbocycles.